The van der Waals surface area contributed by atoms with Crippen LogP contribution in [0.4, 0.5) is 9.39 Å². The third-order valence-corrected chi connectivity index (χ3v) is 5.09. The molecule has 4 aromatic rings. The molecule has 0 aliphatic carbocycles. The van der Waals surface area contributed by atoms with Gasteiger partial charge in [0.05, 0.1) is 0 Å². The normalized spacial score (nSPS) is 10.9. The Hall–Kier alpha value is -3.45. The number of carboxylic acid groups (broad SMARTS) is 1. The molecule has 5 nitrogen and oxygen atoms in total. The van der Waals surface area contributed by atoms with Gasteiger partial charge in [-0.1, -0.05) is 24.3 Å². The number of benzene rings is 2. The molecule has 0 bridgehead atoms. The van der Waals surface area contributed by atoms with E-state index in [9.17, 15) is 19.1 Å². The maximum Gasteiger partial charge on any atom is 0.339 e. The van der Waals surface area contributed by atoms with Gasteiger partial charge in [-0.05, 0) is 24.3 Å². The van der Waals surface area contributed by atoms with Crippen molar-refractivity contribution in [3.8, 4) is 11.1 Å². The molecule has 3 N–H and O–H groups in total. The average molecular weight is 380 g/mol. The van der Waals surface area contributed by atoms with Crippen LogP contribution in [0.3, 0.4) is 0 Å². The quantitative estimate of drug-likeness (QED) is 0.467. The van der Waals surface area contributed by atoms with Crippen LogP contribution in [0, 0.1) is 5.82 Å². The van der Waals surface area contributed by atoms with Crippen LogP contribution in [0.5, 0.6) is 0 Å². The number of aromatic nitrogens is 1. The SMILES string of the molecule is O=C(Nc1scc(-c2c[nH]c3ccccc23)c1C(=O)O)c1cccc(F)c1. The Balaban J connectivity index is 1.75. The summed E-state index contributed by atoms with van der Waals surface area (Å²) in [6, 6.07) is 12.8. The molecule has 1 amide bonds. The molecule has 27 heavy (non-hydrogen) atoms. The van der Waals surface area contributed by atoms with Crippen LogP contribution in [0.15, 0.2) is 60.1 Å². The molecule has 134 valence electrons. The topological polar surface area (TPSA) is 82.2 Å². The van der Waals surface area contributed by atoms with Gasteiger partial charge in [-0.3, -0.25) is 4.79 Å². The number of hydrogen-bond acceptors (Lipinski definition) is 3. The number of carboxylic acids is 1. The van der Waals surface area contributed by atoms with E-state index in [2.05, 4.69) is 10.3 Å². The average Bonchev–Trinajstić information content (AvgIpc) is 3.25. The first kappa shape index (κ1) is 17.0. The van der Waals surface area contributed by atoms with E-state index < -0.39 is 17.7 Å². The summed E-state index contributed by atoms with van der Waals surface area (Å²) in [6.45, 7) is 0. The number of aromatic amines is 1. The third kappa shape index (κ3) is 3.09. The first-order chi connectivity index (χ1) is 13.0. The van der Waals surface area contributed by atoms with Gasteiger partial charge in [0.15, 0.2) is 0 Å². The van der Waals surface area contributed by atoms with Crippen molar-refractivity contribution in [3.63, 3.8) is 0 Å². The second kappa shape index (κ2) is 6.69. The summed E-state index contributed by atoms with van der Waals surface area (Å²) in [6.07, 6.45) is 1.75. The van der Waals surface area contributed by atoms with Crippen molar-refractivity contribution in [2.75, 3.05) is 5.32 Å². The number of anilines is 1. The number of amides is 1. The van der Waals surface area contributed by atoms with E-state index in [1.807, 2.05) is 24.3 Å². The zero-order chi connectivity index (χ0) is 19.0. The van der Waals surface area contributed by atoms with Crippen LogP contribution in [0.1, 0.15) is 20.7 Å². The van der Waals surface area contributed by atoms with Gasteiger partial charge in [0, 0.05) is 39.2 Å². The highest BCUT2D eigenvalue weighted by atomic mass is 32.1. The van der Waals surface area contributed by atoms with Crippen molar-refractivity contribution in [1.29, 1.82) is 0 Å². The van der Waals surface area contributed by atoms with Gasteiger partial charge in [0.25, 0.3) is 5.91 Å². The molecule has 2 aromatic carbocycles. The molecule has 4 rings (SSSR count). The first-order valence-electron chi connectivity index (χ1n) is 8.03. The maximum absolute atomic E-state index is 13.3. The van der Waals surface area contributed by atoms with Gasteiger partial charge in [0.2, 0.25) is 0 Å². The van der Waals surface area contributed by atoms with Crippen LogP contribution in [-0.4, -0.2) is 22.0 Å². The zero-order valence-corrected chi connectivity index (χ0v) is 14.6. The van der Waals surface area contributed by atoms with Gasteiger partial charge in [0.1, 0.15) is 16.4 Å². The van der Waals surface area contributed by atoms with Crippen molar-refractivity contribution in [3.05, 3.63) is 77.1 Å². The summed E-state index contributed by atoms with van der Waals surface area (Å²) in [5.74, 6) is -2.25. The fraction of sp³-hybridized carbons (Fsp3) is 0. The van der Waals surface area contributed by atoms with E-state index in [0.717, 1.165) is 33.9 Å². The largest absolute Gasteiger partial charge is 0.478 e. The second-order valence-electron chi connectivity index (χ2n) is 5.87. The number of carbonyl (C=O) groups is 2. The number of fused-ring (bicyclic) bond motifs is 1. The Kier molecular flexibility index (Phi) is 4.21. The second-order valence-corrected chi connectivity index (χ2v) is 6.75. The van der Waals surface area contributed by atoms with Gasteiger partial charge in [-0.2, -0.15) is 0 Å². The summed E-state index contributed by atoms with van der Waals surface area (Å²) >= 11 is 1.12. The Bertz CT molecular complexity index is 1180. The molecule has 0 saturated carbocycles. The molecule has 0 spiro atoms. The molecule has 7 heteroatoms. The molecule has 0 unspecified atom stereocenters. The number of halogens is 1. The number of para-hydroxylation sites is 1. The molecule has 2 heterocycles. The van der Waals surface area contributed by atoms with Crippen molar-refractivity contribution in [2.45, 2.75) is 0 Å². The summed E-state index contributed by atoms with van der Waals surface area (Å²) in [5.41, 5.74) is 2.27. The van der Waals surface area contributed by atoms with Crippen LogP contribution < -0.4 is 5.32 Å². The number of H-pyrrole nitrogens is 1. The summed E-state index contributed by atoms with van der Waals surface area (Å²) in [7, 11) is 0. The van der Waals surface area contributed by atoms with Crippen molar-refractivity contribution < 1.29 is 19.1 Å². The standard InChI is InChI=1S/C20H13FN2O3S/c21-12-5-3-4-11(8-12)18(24)23-19-17(20(25)26)15(10-27-19)14-9-22-16-7-2-1-6-13(14)16/h1-10,22H,(H,23,24)(H,25,26). The van der Waals surface area contributed by atoms with Gasteiger partial charge in [-0.25, -0.2) is 9.18 Å². The molecule has 2 aromatic heterocycles. The fourth-order valence-corrected chi connectivity index (χ4v) is 3.91. The van der Waals surface area contributed by atoms with E-state index >= 15 is 0 Å². The van der Waals surface area contributed by atoms with Crippen molar-refractivity contribution in [2.24, 2.45) is 0 Å². The summed E-state index contributed by atoms with van der Waals surface area (Å²) in [4.78, 5) is 27.4. The van der Waals surface area contributed by atoms with Gasteiger partial charge >= 0.3 is 5.97 Å². The molecule has 0 saturated heterocycles. The van der Waals surface area contributed by atoms with E-state index in [0.29, 0.717) is 5.56 Å². The predicted octanol–water partition coefficient (Wildman–Crippen LogP) is 4.99. The highest BCUT2D eigenvalue weighted by molar-refractivity contribution is 7.15. The van der Waals surface area contributed by atoms with E-state index in [-0.39, 0.29) is 16.1 Å². The number of thiophene rings is 1. The van der Waals surface area contributed by atoms with Crippen LogP contribution in [0.2, 0.25) is 0 Å². The minimum absolute atomic E-state index is 0.00880. The number of aromatic carboxylic acids is 1. The molecule has 0 aliphatic heterocycles. The van der Waals surface area contributed by atoms with Gasteiger partial charge < -0.3 is 15.4 Å². The number of nitrogens with one attached hydrogen (secondary N) is 2. The number of hydrogen-bond donors (Lipinski definition) is 3. The number of rotatable bonds is 4. The van der Waals surface area contributed by atoms with Crippen LogP contribution in [0.25, 0.3) is 22.0 Å². The molecule has 0 aliphatic rings. The minimum atomic E-state index is -1.15. The monoisotopic (exact) mass is 380 g/mol. The third-order valence-electron chi connectivity index (χ3n) is 4.20. The first-order valence-corrected chi connectivity index (χ1v) is 8.91. The Morgan fingerprint density at radius 2 is 1.89 bits per heavy atom. The van der Waals surface area contributed by atoms with Crippen molar-refractivity contribution >= 4 is 39.1 Å². The molecular formula is C20H13FN2O3S. The lowest BCUT2D eigenvalue weighted by atomic mass is 10.0. The van der Waals surface area contributed by atoms with Crippen LogP contribution in [-0.2, 0) is 0 Å². The van der Waals surface area contributed by atoms with E-state index in [1.165, 1.54) is 18.2 Å². The highest BCUT2D eigenvalue weighted by Crippen LogP contribution is 2.39. The smallest absolute Gasteiger partial charge is 0.339 e. The Labute approximate surface area is 157 Å². The Morgan fingerprint density at radius 1 is 1.07 bits per heavy atom. The molecule has 0 fully saturated rings. The lowest BCUT2D eigenvalue weighted by Crippen LogP contribution is -2.13. The lowest BCUT2D eigenvalue weighted by Gasteiger charge is -2.06. The van der Waals surface area contributed by atoms with Gasteiger partial charge in [-0.15, -0.1) is 11.3 Å². The minimum Gasteiger partial charge on any atom is -0.478 e. The zero-order valence-electron chi connectivity index (χ0n) is 13.8. The number of carbonyl (C=O) groups excluding carboxylic acids is 1. The predicted molar refractivity (Wildman–Crippen MR) is 103 cm³/mol. The van der Waals surface area contributed by atoms with E-state index in [4.69, 9.17) is 0 Å². The summed E-state index contributed by atoms with van der Waals surface area (Å²) in [5, 5.41) is 15.1. The van der Waals surface area contributed by atoms with Crippen LogP contribution >= 0.6 is 11.3 Å². The van der Waals surface area contributed by atoms with E-state index in [1.54, 1.807) is 11.6 Å². The molecule has 0 atom stereocenters. The molecular weight excluding hydrogens is 367 g/mol. The Morgan fingerprint density at radius 3 is 2.67 bits per heavy atom. The maximum atomic E-state index is 13.3. The lowest BCUT2D eigenvalue weighted by molar-refractivity contribution is 0.0699. The summed E-state index contributed by atoms with van der Waals surface area (Å²) < 4.78 is 13.3. The van der Waals surface area contributed by atoms with Crippen molar-refractivity contribution in [1.82, 2.24) is 4.98 Å². The molecule has 0 radical (unpaired) electrons. The highest BCUT2D eigenvalue weighted by Gasteiger charge is 2.23. The fourth-order valence-electron chi connectivity index (χ4n) is 2.96.